The lowest BCUT2D eigenvalue weighted by Crippen LogP contribution is -2.22. The van der Waals surface area contributed by atoms with E-state index in [1.165, 1.54) is 6.07 Å². The normalized spacial score (nSPS) is 14.9. The molecule has 11 heteroatoms. The molecule has 7 nitrogen and oxygen atoms in total. The summed E-state index contributed by atoms with van der Waals surface area (Å²) >= 11 is 1.12. The van der Waals surface area contributed by atoms with E-state index in [0.29, 0.717) is 22.7 Å². The third-order valence-electron chi connectivity index (χ3n) is 4.11. The number of halogens is 3. The molecule has 0 bridgehead atoms. The summed E-state index contributed by atoms with van der Waals surface area (Å²) in [5, 5.41) is 16.2. The SMILES string of the molecule is FC(F)(F)c1ccc(Sc2nnc(N3CCCC3)n2Cc2ccco2)nn1. The topological polar surface area (TPSA) is 72.9 Å². The fourth-order valence-corrected chi connectivity index (χ4v) is 3.57. The van der Waals surface area contributed by atoms with Crippen LogP contribution in [0.25, 0.3) is 0 Å². The second-order valence-electron chi connectivity index (χ2n) is 6.00. The molecular weight excluding hydrogens is 381 g/mol. The van der Waals surface area contributed by atoms with Crippen molar-refractivity contribution in [3.8, 4) is 0 Å². The van der Waals surface area contributed by atoms with E-state index >= 15 is 0 Å². The van der Waals surface area contributed by atoms with Crippen LogP contribution >= 0.6 is 11.8 Å². The van der Waals surface area contributed by atoms with E-state index in [9.17, 15) is 13.2 Å². The first-order valence-electron chi connectivity index (χ1n) is 8.30. The maximum atomic E-state index is 12.6. The summed E-state index contributed by atoms with van der Waals surface area (Å²) in [5.74, 6) is 1.45. The first-order chi connectivity index (χ1) is 13.0. The first kappa shape index (κ1) is 17.8. The van der Waals surface area contributed by atoms with Crippen molar-refractivity contribution in [2.24, 2.45) is 0 Å². The number of hydrogen-bond acceptors (Lipinski definition) is 7. The molecule has 4 heterocycles. The summed E-state index contributed by atoms with van der Waals surface area (Å²) in [6, 6.07) is 5.83. The van der Waals surface area contributed by atoms with Gasteiger partial charge in [-0.25, -0.2) is 0 Å². The third-order valence-corrected chi connectivity index (χ3v) is 5.02. The summed E-state index contributed by atoms with van der Waals surface area (Å²) in [4.78, 5) is 2.14. The summed E-state index contributed by atoms with van der Waals surface area (Å²) in [6.07, 6.45) is -0.761. The van der Waals surface area contributed by atoms with Gasteiger partial charge in [0.05, 0.1) is 12.8 Å². The van der Waals surface area contributed by atoms with Gasteiger partial charge in [0.15, 0.2) is 10.9 Å². The van der Waals surface area contributed by atoms with Crippen LogP contribution in [0.3, 0.4) is 0 Å². The minimum Gasteiger partial charge on any atom is -0.467 e. The highest BCUT2D eigenvalue weighted by molar-refractivity contribution is 7.99. The summed E-state index contributed by atoms with van der Waals surface area (Å²) in [7, 11) is 0. The molecule has 4 rings (SSSR count). The zero-order chi connectivity index (χ0) is 18.9. The van der Waals surface area contributed by atoms with Gasteiger partial charge in [0.2, 0.25) is 5.95 Å². The molecule has 0 amide bonds. The lowest BCUT2D eigenvalue weighted by atomic mass is 10.4. The molecule has 142 valence electrons. The van der Waals surface area contributed by atoms with Crippen molar-refractivity contribution in [2.45, 2.75) is 35.7 Å². The van der Waals surface area contributed by atoms with Crippen molar-refractivity contribution >= 4 is 17.7 Å². The first-order valence-corrected chi connectivity index (χ1v) is 9.12. The number of furan rings is 1. The van der Waals surface area contributed by atoms with Crippen LogP contribution < -0.4 is 4.90 Å². The van der Waals surface area contributed by atoms with Crippen LogP contribution in [0, 0.1) is 0 Å². The Labute approximate surface area is 156 Å². The maximum Gasteiger partial charge on any atom is 0.435 e. The van der Waals surface area contributed by atoms with E-state index < -0.39 is 11.9 Å². The van der Waals surface area contributed by atoms with E-state index in [0.717, 1.165) is 49.5 Å². The van der Waals surface area contributed by atoms with Gasteiger partial charge in [-0.3, -0.25) is 4.57 Å². The molecule has 1 aliphatic rings. The molecule has 0 aromatic carbocycles. The molecule has 0 radical (unpaired) electrons. The minimum absolute atomic E-state index is 0.309. The van der Waals surface area contributed by atoms with Gasteiger partial charge in [0.1, 0.15) is 10.8 Å². The summed E-state index contributed by atoms with van der Waals surface area (Å²) in [6.45, 7) is 2.20. The van der Waals surface area contributed by atoms with E-state index in [1.54, 1.807) is 12.3 Å². The number of aromatic nitrogens is 5. The molecule has 0 aliphatic carbocycles. The Morgan fingerprint density at radius 3 is 2.48 bits per heavy atom. The molecule has 3 aromatic rings. The van der Waals surface area contributed by atoms with Gasteiger partial charge >= 0.3 is 6.18 Å². The number of hydrogen-bond donors (Lipinski definition) is 0. The molecule has 1 saturated heterocycles. The van der Waals surface area contributed by atoms with Gasteiger partial charge in [-0.05, 0) is 48.9 Å². The van der Waals surface area contributed by atoms with E-state index in [-0.39, 0.29) is 0 Å². The van der Waals surface area contributed by atoms with Crippen molar-refractivity contribution in [1.82, 2.24) is 25.0 Å². The summed E-state index contributed by atoms with van der Waals surface area (Å²) in [5.41, 5.74) is -1.03. The van der Waals surface area contributed by atoms with Crippen LogP contribution in [-0.2, 0) is 12.7 Å². The van der Waals surface area contributed by atoms with E-state index in [2.05, 4.69) is 25.3 Å². The smallest absolute Gasteiger partial charge is 0.435 e. The van der Waals surface area contributed by atoms with Gasteiger partial charge < -0.3 is 9.32 Å². The average Bonchev–Trinajstić information content (AvgIpc) is 3.38. The highest BCUT2D eigenvalue weighted by atomic mass is 32.2. The van der Waals surface area contributed by atoms with Crippen LogP contribution in [0.15, 0.2) is 45.1 Å². The van der Waals surface area contributed by atoms with Crippen molar-refractivity contribution in [3.05, 3.63) is 42.0 Å². The molecule has 1 fully saturated rings. The lowest BCUT2D eigenvalue weighted by molar-refractivity contribution is -0.141. The van der Waals surface area contributed by atoms with E-state index in [1.807, 2.05) is 10.6 Å². The highest BCUT2D eigenvalue weighted by Gasteiger charge is 2.33. The molecule has 0 saturated carbocycles. The van der Waals surface area contributed by atoms with Gasteiger partial charge in [0.25, 0.3) is 0 Å². The monoisotopic (exact) mass is 396 g/mol. The Kier molecular flexibility index (Phi) is 4.77. The minimum atomic E-state index is -4.52. The Hall–Kier alpha value is -2.56. The highest BCUT2D eigenvalue weighted by Crippen LogP contribution is 2.31. The maximum absolute atomic E-state index is 12.6. The standard InChI is InChI=1S/C16H15F3N6OS/c17-16(18,19)12-5-6-13(21-20-12)27-15-23-22-14(24-7-1-2-8-24)25(15)10-11-4-3-9-26-11/h3-6,9H,1-2,7-8,10H2. The second kappa shape index (κ2) is 7.22. The number of alkyl halides is 3. The van der Waals surface area contributed by atoms with Crippen molar-refractivity contribution in [2.75, 3.05) is 18.0 Å². The zero-order valence-corrected chi connectivity index (χ0v) is 14.9. The molecule has 3 aromatic heterocycles. The summed E-state index contributed by atoms with van der Waals surface area (Å²) < 4.78 is 45.2. The molecule has 1 aliphatic heterocycles. The third kappa shape index (κ3) is 3.92. The molecule has 0 spiro atoms. The van der Waals surface area contributed by atoms with E-state index in [4.69, 9.17) is 4.42 Å². The lowest BCUT2D eigenvalue weighted by Gasteiger charge is -2.17. The molecule has 27 heavy (non-hydrogen) atoms. The Morgan fingerprint density at radius 1 is 1.04 bits per heavy atom. The predicted octanol–water partition coefficient (Wildman–Crippen LogP) is 3.48. The van der Waals surface area contributed by atoms with Gasteiger partial charge in [0, 0.05) is 13.1 Å². The van der Waals surface area contributed by atoms with Crippen molar-refractivity contribution < 1.29 is 17.6 Å². The van der Waals surface area contributed by atoms with Crippen LogP contribution in [0.4, 0.5) is 19.1 Å². The van der Waals surface area contributed by atoms with Crippen molar-refractivity contribution in [1.29, 1.82) is 0 Å². The second-order valence-corrected chi connectivity index (χ2v) is 6.99. The fourth-order valence-electron chi connectivity index (χ4n) is 2.82. The Balaban J connectivity index is 1.61. The fraction of sp³-hybridized carbons (Fsp3) is 0.375. The predicted molar refractivity (Wildman–Crippen MR) is 90.4 cm³/mol. The van der Waals surface area contributed by atoms with Crippen LogP contribution in [0.2, 0.25) is 0 Å². The number of rotatable bonds is 5. The number of nitrogens with zero attached hydrogens (tertiary/aromatic N) is 6. The van der Waals surface area contributed by atoms with Crippen LogP contribution in [-0.4, -0.2) is 38.1 Å². The Morgan fingerprint density at radius 2 is 1.85 bits per heavy atom. The van der Waals surface area contributed by atoms with Gasteiger partial charge in [-0.2, -0.15) is 13.2 Å². The van der Waals surface area contributed by atoms with Crippen molar-refractivity contribution in [3.63, 3.8) is 0 Å². The number of anilines is 1. The molecule has 0 atom stereocenters. The zero-order valence-electron chi connectivity index (χ0n) is 14.1. The molecular formula is C16H15F3N6OS. The molecule has 0 unspecified atom stereocenters. The van der Waals surface area contributed by atoms with Crippen LogP contribution in [0.5, 0.6) is 0 Å². The molecule has 0 N–H and O–H groups in total. The van der Waals surface area contributed by atoms with Gasteiger partial charge in [-0.1, -0.05) is 0 Å². The quantitative estimate of drug-likeness (QED) is 0.654. The van der Waals surface area contributed by atoms with Crippen LogP contribution in [0.1, 0.15) is 24.3 Å². The largest absolute Gasteiger partial charge is 0.467 e. The van der Waals surface area contributed by atoms with Gasteiger partial charge in [-0.15, -0.1) is 20.4 Å². The Bertz CT molecular complexity index is 888. The average molecular weight is 396 g/mol.